The predicted octanol–water partition coefficient (Wildman–Crippen LogP) is 2.97. The van der Waals surface area contributed by atoms with Gasteiger partial charge in [0.05, 0.1) is 18.1 Å². The number of nitrogens with zero attached hydrogens (tertiary/aromatic N) is 1. The number of thioether (sulfide) groups is 1. The highest BCUT2D eigenvalue weighted by molar-refractivity contribution is 7.99. The van der Waals surface area contributed by atoms with Crippen LogP contribution in [0.5, 0.6) is 0 Å². The summed E-state index contributed by atoms with van der Waals surface area (Å²) in [6, 6.07) is 0. The molecule has 2 atom stereocenters. The molecule has 0 saturated carbocycles. The molecule has 3 nitrogen and oxygen atoms in total. The van der Waals surface area contributed by atoms with Gasteiger partial charge in [0, 0.05) is 10.7 Å². The first-order valence-corrected chi connectivity index (χ1v) is 6.60. The Balaban J connectivity index is 2.53. The Labute approximate surface area is 102 Å². The number of oxazole rings is 1. The molecule has 2 unspecified atom stereocenters. The smallest absolute Gasteiger partial charge is 0.204 e. The van der Waals surface area contributed by atoms with Gasteiger partial charge in [-0.05, 0) is 6.92 Å². The summed E-state index contributed by atoms with van der Waals surface area (Å²) in [6.45, 7) is 10.1. The Morgan fingerprint density at radius 1 is 1.44 bits per heavy atom. The molecule has 4 heteroatoms. The van der Waals surface area contributed by atoms with E-state index in [4.69, 9.17) is 4.42 Å². The van der Waals surface area contributed by atoms with E-state index in [1.807, 2.05) is 6.92 Å². The summed E-state index contributed by atoms with van der Waals surface area (Å²) in [4.78, 5) is 4.24. The van der Waals surface area contributed by atoms with E-state index >= 15 is 0 Å². The zero-order valence-electron chi connectivity index (χ0n) is 10.7. The van der Waals surface area contributed by atoms with Crippen molar-refractivity contribution in [1.82, 2.24) is 4.98 Å². The van der Waals surface area contributed by atoms with Crippen LogP contribution in [0.15, 0.2) is 10.6 Å². The molecule has 0 saturated heterocycles. The highest BCUT2D eigenvalue weighted by atomic mass is 32.2. The average Bonchev–Trinajstić information content (AvgIpc) is 2.61. The van der Waals surface area contributed by atoms with Crippen molar-refractivity contribution in [1.29, 1.82) is 0 Å². The van der Waals surface area contributed by atoms with Gasteiger partial charge in [0.15, 0.2) is 0 Å². The number of hydrogen-bond acceptors (Lipinski definition) is 4. The Kier molecular flexibility index (Phi) is 4.44. The van der Waals surface area contributed by atoms with Crippen LogP contribution in [0, 0.1) is 0 Å². The molecule has 1 aromatic rings. The van der Waals surface area contributed by atoms with Crippen LogP contribution in [-0.4, -0.2) is 21.4 Å². The van der Waals surface area contributed by atoms with E-state index in [2.05, 4.69) is 25.8 Å². The van der Waals surface area contributed by atoms with Crippen LogP contribution < -0.4 is 0 Å². The molecule has 0 aliphatic rings. The fraction of sp³-hybridized carbons (Fsp3) is 0.750. The monoisotopic (exact) mass is 243 g/mol. The molecule has 0 amide bonds. The van der Waals surface area contributed by atoms with Crippen LogP contribution in [-0.2, 0) is 11.2 Å². The molecule has 1 heterocycles. The van der Waals surface area contributed by atoms with Crippen molar-refractivity contribution >= 4 is 11.8 Å². The zero-order valence-corrected chi connectivity index (χ0v) is 11.5. The second-order valence-corrected chi connectivity index (χ2v) is 6.49. The lowest BCUT2D eigenvalue weighted by atomic mass is 9.94. The third-order valence-electron chi connectivity index (χ3n) is 2.44. The highest BCUT2D eigenvalue weighted by Gasteiger charge is 2.19. The summed E-state index contributed by atoms with van der Waals surface area (Å²) in [6.07, 6.45) is 1.49. The lowest BCUT2D eigenvalue weighted by molar-refractivity contribution is 0.196. The quantitative estimate of drug-likeness (QED) is 0.883. The van der Waals surface area contributed by atoms with Crippen LogP contribution in [0.2, 0.25) is 0 Å². The summed E-state index contributed by atoms with van der Waals surface area (Å²) in [5.74, 6) is 2.36. The van der Waals surface area contributed by atoms with Crippen LogP contribution >= 0.6 is 11.8 Å². The third-order valence-corrected chi connectivity index (χ3v) is 3.78. The molecule has 0 spiro atoms. The molecule has 1 rings (SSSR count). The van der Waals surface area contributed by atoms with E-state index in [1.54, 1.807) is 24.9 Å². The van der Waals surface area contributed by atoms with Crippen molar-refractivity contribution in [3.63, 3.8) is 0 Å². The molecule has 0 aliphatic carbocycles. The van der Waals surface area contributed by atoms with Crippen molar-refractivity contribution in [2.24, 2.45) is 0 Å². The first-order chi connectivity index (χ1) is 7.30. The predicted molar refractivity (Wildman–Crippen MR) is 67.6 cm³/mol. The van der Waals surface area contributed by atoms with Crippen LogP contribution in [0.4, 0.5) is 0 Å². The Hall–Kier alpha value is -0.480. The number of aliphatic hydroxyl groups is 1. The number of hydrogen-bond donors (Lipinski definition) is 1. The minimum absolute atomic E-state index is 0.00576. The molecule has 0 aliphatic heterocycles. The normalized spacial score (nSPS) is 16.1. The standard InChI is InChI=1S/C12H21NO2S/c1-8(14)9(2)16-7-11-13-6-10(15-11)12(3,4)5/h6,8-9,14H,7H2,1-5H3. The van der Waals surface area contributed by atoms with Gasteiger partial charge in [-0.1, -0.05) is 27.7 Å². The third kappa shape index (κ3) is 3.83. The van der Waals surface area contributed by atoms with Gasteiger partial charge >= 0.3 is 0 Å². The lowest BCUT2D eigenvalue weighted by Crippen LogP contribution is -2.15. The van der Waals surface area contributed by atoms with Gasteiger partial charge in [-0.3, -0.25) is 0 Å². The van der Waals surface area contributed by atoms with Crippen molar-refractivity contribution in [2.75, 3.05) is 0 Å². The molecule has 1 N–H and O–H groups in total. The second kappa shape index (κ2) is 5.23. The Morgan fingerprint density at radius 2 is 2.06 bits per heavy atom. The summed E-state index contributed by atoms with van der Waals surface area (Å²) in [7, 11) is 0. The SMILES string of the molecule is CC(O)C(C)SCc1ncc(C(C)(C)C)o1. The number of rotatable bonds is 4. The van der Waals surface area contributed by atoms with E-state index in [9.17, 15) is 5.11 Å². The molecule has 16 heavy (non-hydrogen) atoms. The first-order valence-electron chi connectivity index (χ1n) is 5.55. The molecule has 0 fully saturated rings. The van der Waals surface area contributed by atoms with Crippen LogP contribution in [0.3, 0.4) is 0 Å². The summed E-state index contributed by atoms with van der Waals surface area (Å²) >= 11 is 1.66. The zero-order chi connectivity index (χ0) is 12.3. The van der Waals surface area contributed by atoms with Gasteiger partial charge in [-0.15, -0.1) is 11.8 Å². The Bertz CT molecular complexity index is 328. The molecule has 0 radical (unpaired) electrons. The summed E-state index contributed by atoms with van der Waals surface area (Å²) in [5.41, 5.74) is 0.00576. The van der Waals surface area contributed by atoms with E-state index in [1.165, 1.54) is 0 Å². The van der Waals surface area contributed by atoms with Crippen molar-refractivity contribution in [3.05, 3.63) is 17.8 Å². The molecule has 0 bridgehead atoms. The van der Waals surface area contributed by atoms with Gasteiger partial charge in [-0.2, -0.15) is 0 Å². The van der Waals surface area contributed by atoms with E-state index in [0.717, 1.165) is 11.7 Å². The largest absolute Gasteiger partial charge is 0.444 e. The van der Waals surface area contributed by atoms with Crippen molar-refractivity contribution in [2.45, 2.75) is 57.1 Å². The fourth-order valence-electron chi connectivity index (χ4n) is 1.07. The van der Waals surface area contributed by atoms with E-state index in [0.29, 0.717) is 5.75 Å². The van der Waals surface area contributed by atoms with Gasteiger partial charge in [0.25, 0.3) is 0 Å². The molecule has 92 valence electrons. The van der Waals surface area contributed by atoms with Crippen molar-refractivity contribution in [3.8, 4) is 0 Å². The van der Waals surface area contributed by atoms with E-state index < -0.39 is 0 Å². The second-order valence-electron chi connectivity index (χ2n) is 5.12. The Morgan fingerprint density at radius 3 is 2.50 bits per heavy atom. The van der Waals surface area contributed by atoms with Gasteiger partial charge in [0.2, 0.25) is 5.89 Å². The molecule has 0 aromatic carbocycles. The van der Waals surface area contributed by atoms with Crippen LogP contribution in [0.25, 0.3) is 0 Å². The highest BCUT2D eigenvalue weighted by Crippen LogP contribution is 2.25. The topological polar surface area (TPSA) is 46.3 Å². The maximum Gasteiger partial charge on any atom is 0.204 e. The number of aliphatic hydroxyl groups excluding tert-OH is 1. The van der Waals surface area contributed by atoms with Crippen LogP contribution in [0.1, 0.15) is 46.3 Å². The fourth-order valence-corrected chi connectivity index (χ4v) is 1.88. The summed E-state index contributed by atoms with van der Waals surface area (Å²) < 4.78 is 5.66. The maximum absolute atomic E-state index is 9.36. The molecular formula is C12H21NO2S. The van der Waals surface area contributed by atoms with Gasteiger partial charge in [-0.25, -0.2) is 4.98 Å². The van der Waals surface area contributed by atoms with Gasteiger partial charge in [0.1, 0.15) is 5.76 Å². The molecular weight excluding hydrogens is 222 g/mol. The van der Waals surface area contributed by atoms with Crippen molar-refractivity contribution < 1.29 is 9.52 Å². The average molecular weight is 243 g/mol. The summed E-state index contributed by atoms with van der Waals surface area (Å²) in [5, 5.41) is 9.56. The van der Waals surface area contributed by atoms with Gasteiger partial charge < -0.3 is 9.52 Å². The number of aromatic nitrogens is 1. The van der Waals surface area contributed by atoms with E-state index in [-0.39, 0.29) is 16.8 Å². The minimum Gasteiger partial charge on any atom is -0.444 e. The minimum atomic E-state index is -0.304. The maximum atomic E-state index is 9.36. The lowest BCUT2D eigenvalue weighted by Gasteiger charge is -2.14. The first kappa shape index (κ1) is 13.6. The molecule has 1 aromatic heterocycles.